The first-order valence-corrected chi connectivity index (χ1v) is 8.16. The van der Waals surface area contributed by atoms with Gasteiger partial charge in [-0.05, 0) is 37.3 Å². The smallest absolute Gasteiger partial charge is 0.251 e. The van der Waals surface area contributed by atoms with Crippen LogP contribution in [0.3, 0.4) is 0 Å². The second-order valence-electron chi connectivity index (χ2n) is 5.72. The van der Waals surface area contributed by atoms with Crippen LogP contribution in [-0.2, 0) is 16.1 Å². The van der Waals surface area contributed by atoms with Gasteiger partial charge in [0.15, 0.2) is 0 Å². The van der Waals surface area contributed by atoms with Gasteiger partial charge in [0.1, 0.15) is 11.6 Å². The fraction of sp³-hybridized carbons (Fsp3) is 0.263. The molecule has 0 spiro atoms. The van der Waals surface area contributed by atoms with E-state index in [-0.39, 0.29) is 30.6 Å². The molecule has 3 rings (SSSR count). The summed E-state index contributed by atoms with van der Waals surface area (Å²) in [7, 11) is 0. The van der Waals surface area contributed by atoms with Crippen LogP contribution in [-0.4, -0.2) is 24.5 Å². The third kappa shape index (κ3) is 3.69. The maximum atomic E-state index is 13.7. The highest BCUT2D eigenvalue weighted by Crippen LogP contribution is 2.25. The van der Waals surface area contributed by atoms with Gasteiger partial charge in [0, 0.05) is 12.1 Å². The Bertz CT molecular complexity index is 776. The van der Waals surface area contributed by atoms with Gasteiger partial charge in [-0.1, -0.05) is 18.2 Å². The third-order valence-corrected chi connectivity index (χ3v) is 4.05. The number of nitrogens with zero attached hydrogens (tertiary/aromatic N) is 1. The molecule has 0 radical (unpaired) electrons. The number of imide groups is 1. The predicted octanol–water partition coefficient (Wildman–Crippen LogP) is 2.65. The summed E-state index contributed by atoms with van der Waals surface area (Å²) in [4.78, 5) is 26.0. The Kier molecular flexibility index (Phi) is 5.09. The van der Waals surface area contributed by atoms with Crippen molar-refractivity contribution in [2.24, 2.45) is 0 Å². The molecule has 0 unspecified atom stereocenters. The highest BCUT2D eigenvalue weighted by atomic mass is 19.1. The molecule has 0 bridgehead atoms. The van der Waals surface area contributed by atoms with Gasteiger partial charge in [0.05, 0.1) is 24.8 Å². The van der Waals surface area contributed by atoms with E-state index in [1.54, 1.807) is 42.5 Å². The van der Waals surface area contributed by atoms with Crippen LogP contribution in [0.5, 0.6) is 5.75 Å². The Balaban J connectivity index is 1.68. The molecule has 1 fully saturated rings. The lowest BCUT2D eigenvalue weighted by atomic mass is 10.2. The molecule has 2 aromatic rings. The zero-order valence-corrected chi connectivity index (χ0v) is 13.9. The fourth-order valence-electron chi connectivity index (χ4n) is 2.80. The summed E-state index contributed by atoms with van der Waals surface area (Å²) in [5.74, 6) is -0.264. The van der Waals surface area contributed by atoms with Crippen LogP contribution in [0.1, 0.15) is 18.9 Å². The van der Waals surface area contributed by atoms with E-state index in [0.717, 1.165) is 4.90 Å². The maximum Gasteiger partial charge on any atom is 0.251 e. The molecule has 2 amide bonds. The zero-order valence-electron chi connectivity index (χ0n) is 13.9. The van der Waals surface area contributed by atoms with Crippen molar-refractivity contribution in [3.05, 3.63) is 59.9 Å². The molecular weight excluding hydrogens is 323 g/mol. The number of benzene rings is 2. The second kappa shape index (κ2) is 7.44. The van der Waals surface area contributed by atoms with Crippen LogP contribution in [0.4, 0.5) is 10.1 Å². The molecule has 0 aromatic heterocycles. The number of halogens is 1. The Morgan fingerprint density at radius 2 is 1.88 bits per heavy atom. The SMILES string of the molecule is CCOc1ccc(N2C(=O)C[C@@H](NCc3ccccc3F)C2=O)cc1. The van der Waals surface area contributed by atoms with Crippen LogP contribution in [0, 0.1) is 5.82 Å². The number of carbonyl (C=O) groups is 2. The highest BCUT2D eigenvalue weighted by molar-refractivity contribution is 6.22. The quantitative estimate of drug-likeness (QED) is 0.820. The Morgan fingerprint density at radius 3 is 2.56 bits per heavy atom. The van der Waals surface area contributed by atoms with E-state index in [9.17, 15) is 14.0 Å². The van der Waals surface area contributed by atoms with Crippen molar-refractivity contribution in [1.29, 1.82) is 0 Å². The molecule has 1 heterocycles. The van der Waals surface area contributed by atoms with Gasteiger partial charge in [-0.2, -0.15) is 0 Å². The molecule has 6 heteroatoms. The molecule has 0 aliphatic carbocycles. The van der Waals surface area contributed by atoms with E-state index >= 15 is 0 Å². The molecule has 1 N–H and O–H groups in total. The normalized spacial score (nSPS) is 17.2. The zero-order chi connectivity index (χ0) is 17.8. The molecular formula is C19H19FN2O3. The van der Waals surface area contributed by atoms with Crippen LogP contribution >= 0.6 is 0 Å². The van der Waals surface area contributed by atoms with Crippen molar-refractivity contribution >= 4 is 17.5 Å². The number of nitrogens with one attached hydrogen (secondary N) is 1. The van der Waals surface area contributed by atoms with Gasteiger partial charge in [-0.15, -0.1) is 0 Å². The maximum absolute atomic E-state index is 13.7. The summed E-state index contributed by atoms with van der Waals surface area (Å²) in [6.07, 6.45) is 0.0560. The van der Waals surface area contributed by atoms with Crippen LogP contribution in [0.2, 0.25) is 0 Å². The van der Waals surface area contributed by atoms with Crippen LogP contribution < -0.4 is 15.0 Å². The van der Waals surface area contributed by atoms with Crippen LogP contribution in [0.25, 0.3) is 0 Å². The first-order chi connectivity index (χ1) is 12.1. The Morgan fingerprint density at radius 1 is 1.16 bits per heavy atom. The summed E-state index contributed by atoms with van der Waals surface area (Å²) >= 11 is 0. The van der Waals surface area contributed by atoms with Crippen molar-refractivity contribution in [1.82, 2.24) is 5.32 Å². The van der Waals surface area contributed by atoms with E-state index in [2.05, 4.69) is 5.32 Å². The van der Waals surface area contributed by atoms with Gasteiger partial charge in [-0.25, -0.2) is 9.29 Å². The van der Waals surface area contributed by atoms with Gasteiger partial charge >= 0.3 is 0 Å². The molecule has 1 saturated heterocycles. The molecule has 2 aromatic carbocycles. The number of carbonyl (C=O) groups excluding carboxylic acids is 2. The number of amides is 2. The lowest BCUT2D eigenvalue weighted by Gasteiger charge is -2.16. The Hall–Kier alpha value is -2.73. The Labute approximate surface area is 145 Å². The number of hydrogen-bond donors (Lipinski definition) is 1. The average Bonchev–Trinajstić information content (AvgIpc) is 2.89. The van der Waals surface area contributed by atoms with Gasteiger partial charge < -0.3 is 10.1 Å². The standard InChI is InChI=1S/C19H19FN2O3/c1-2-25-15-9-7-14(8-10-15)22-18(23)11-17(19(22)24)21-12-13-5-3-4-6-16(13)20/h3-10,17,21H,2,11-12H2,1H3/t17-/m1/s1. The first kappa shape index (κ1) is 17.1. The van der Waals surface area contributed by atoms with Crippen molar-refractivity contribution in [3.8, 4) is 5.75 Å². The third-order valence-electron chi connectivity index (χ3n) is 4.05. The molecule has 1 aliphatic heterocycles. The van der Waals surface area contributed by atoms with E-state index in [4.69, 9.17) is 4.74 Å². The van der Waals surface area contributed by atoms with Crippen molar-refractivity contribution < 1.29 is 18.7 Å². The van der Waals surface area contributed by atoms with E-state index in [1.165, 1.54) is 6.07 Å². The molecule has 0 saturated carbocycles. The van der Waals surface area contributed by atoms with E-state index in [0.29, 0.717) is 23.6 Å². The van der Waals surface area contributed by atoms with Gasteiger partial charge in [-0.3, -0.25) is 9.59 Å². The summed E-state index contributed by atoms with van der Waals surface area (Å²) in [5, 5.41) is 2.97. The molecule has 1 atom stereocenters. The monoisotopic (exact) mass is 342 g/mol. The minimum Gasteiger partial charge on any atom is -0.494 e. The predicted molar refractivity (Wildman–Crippen MR) is 91.7 cm³/mol. The largest absolute Gasteiger partial charge is 0.494 e. The van der Waals surface area contributed by atoms with Crippen molar-refractivity contribution in [2.75, 3.05) is 11.5 Å². The molecule has 130 valence electrons. The number of rotatable bonds is 6. The minimum atomic E-state index is -0.654. The van der Waals surface area contributed by atoms with Crippen molar-refractivity contribution in [2.45, 2.75) is 25.9 Å². The molecule has 5 nitrogen and oxygen atoms in total. The molecule has 25 heavy (non-hydrogen) atoms. The van der Waals surface area contributed by atoms with Gasteiger partial charge in [0.2, 0.25) is 5.91 Å². The number of anilines is 1. The highest BCUT2D eigenvalue weighted by Gasteiger charge is 2.39. The number of ether oxygens (including phenoxy) is 1. The molecule has 1 aliphatic rings. The minimum absolute atomic E-state index is 0.0560. The van der Waals surface area contributed by atoms with Gasteiger partial charge in [0.25, 0.3) is 5.91 Å². The van der Waals surface area contributed by atoms with Crippen molar-refractivity contribution in [3.63, 3.8) is 0 Å². The van der Waals surface area contributed by atoms with Crippen LogP contribution in [0.15, 0.2) is 48.5 Å². The fourth-order valence-corrected chi connectivity index (χ4v) is 2.80. The van der Waals surface area contributed by atoms with E-state index < -0.39 is 6.04 Å². The lowest BCUT2D eigenvalue weighted by Crippen LogP contribution is -2.38. The summed E-state index contributed by atoms with van der Waals surface area (Å²) in [5.41, 5.74) is 0.968. The lowest BCUT2D eigenvalue weighted by molar-refractivity contribution is -0.121. The second-order valence-corrected chi connectivity index (χ2v) is 5.72. The summed E-state index contributed by atoms with van der Waals surface area (Å²) in [6, 6.07) is 12.5. The summed E-state index contributed by atoms with van der Waals surface area (Å²) < 4.78 is 19.0. The topological polar surface area (TPSA) is 58.6 Å². The summed E-state index contributed by atoms with van der Waals surface area (Å²) in [6.45, 7) is 2.61. The average molecular weight is 342 g/mol. The first-order valence-electron chi connectivity index (χ1n) is 8.16. The number of hydrogen-bond acceptors (Lipinski definition) is 4. The van der Waals surface area contributed by atoms with E-state index in [1.807, 2.05) is 6.92 Å².